The maximum Gasteiger partial charge on any atom is 0.286 e. The summed E-state index contributed by atoms with van der Waals surface area (Å²) >= 11 is 0. The van der Waals surface area contributed by atoms with Gasteiger partial charge in [-0.1, -0.05) is 27.7 Å². The number of sulfonamides is 1. The third kappa shape index (κ3) is 4.95. The van der Waals surface area contributed by atoms with Gasteiger partial charge in [-0.3, -0.25) is 4.79 Å². The molecule has 2 aromatic rings. The molecule has 9 nitrogen and oxygen atoms in total. The van der Waals surface area contributed by atoms with Crippen molar-refractivity contribution < 1.29 is 18.3 Å². The summed E-state index contributed by atoms with van der Waals surface area (Å²) in [5, 5.41) is 18.2. The van der Waals surface area contributed by atoms with Gasteiger partial charge in [-0.2, -0.15) is 13.5 Å². The van der Waals surface area contributed by atoms with Crippen LogP contribution >= 0.6 is 0 Å². The topological polar surface area (TPSA) is 123 Å². The molecule has 174 valence electrons. The Morgan fingerprint density at radius 2 is 1.84 bits per heavy atom. The number of fused-ring (bicyclic) bond motifs is 1. The minimum atomic E-state index is -4.12. The first-order valence-corrected chi connectivity index (χ1v) is 12.1. The van der Waals surface area contributed by atoms with Gasteiger partial charge in [0.2, 0.25) is 0 Å². The number of hydrogen-bond donors (Lipinski definition) is 2. The van der Waals surface area contributed by atoms with E-state index in [1.54, 1.807) is 6.07 Å². The number of anilines is 1. The normalized spacial score (nSPS) is 14.8. The van der Waals surface area contributed by atoms with E-state index in [2.05, 4.69) is 28.7 Å². The Hall–Kier alpha value is -2.88. The van der Waals surface area contributed by atoms with Crippen LogP contribution in [0.3, 0.4) is 0 Å². The zero-order valence-electron chi connectivity index (χ0n) is 19.0. The van der Waals surface area contributed by atoms with Gasteiger partial charge >= 0.3 is 0 Å². The molecule has 0 radical (unpaired) electrons. The van der Waals surface area contributed by atoms with Gasteiger partial charge in [0.05, 0.1) is 12.8 Å². The summed E-state index contributed by atoms with van der Waals surface area (Å²) in [5.41, 5.74) is -0.175. The summed E-state index contributed by atoms with van der Waals surface area (Å²) in [4.78, 5) is 13.2. The van der Waals surface area contributed by atoms with Crippen molar-refractivity contribution >= 4 is 21.5 Å². The summed E-state index contributed by atoms with van der Waals surface area (Å²) in [6, 6.07) is 4.50. The minimum Gasteiger partial charge on any atom is -0.505 e. The molecule has 0 spiro atoms. The first-order valence-electron chi connectivity index (χ1n) is 10.7. The van der Waals surface area contributed by atoms with Crippen molar-refractivity contribution in [3.8, 4) is 11.5 Å². The smallest absolute Gasteiger partial charge is 0.286 e. The van der Waals surface area contributed by atoms with Crippen LogP contribution in [0.5, 0.6) is 11.5 Å². The summed E-state index contributed by atoms with van der Waals surface area (Å²) < 4.78 is 35.9. The predicted molar refractivity (Wildman–Crippen MR) is 123 cm³/mol. The number of aromatic nitrogens is 2. The molecule has 3 rings (SSSR count). The van der Waals surface area contributed by atoms with Crippen molar-refractivity contribution in [3.63, 3.8) is 0 Å². The fraction of sp³-hybridized carbons (Fsp3) is 0.500. The maximum atomic E-state index is 13.2. The lowest BCUT2D eigenvalue weighted by molar-refractivity contribution is 0.413. The molecule has 1 aromatic heterocycles. The molecule has 2 N–H and O–H groups in total. The van der Waals surface area contributed by atoms with E-state index in [-0.39, 0.29) is 27.7 Å². The average molecular weight is 463 g/mol. The van der Waals surface area contributed by atoms with Crippen molar-refractivity contribution in [1.82, 2.24) is 9.78 Å². The highest BCUT2D eigenvalue weighted by molar-refractivity contribution is 7.90. The Labute approximate surface area is 188 Å². The van der Waals surface area contributed by atoms with E-state index in [0.717, 1.165) is 6.42 Å². The third-order valence-electron chi connectivity index (χ3n) is 5.24. The molecule has 0 atom stereocenters. The van der Waals surface area contributed by atoms with Crippen molar-refractivity contribution in [2.24, 2.45) is 16.2 Å². The zero-order valence-corrected chi connectivity index (χ0v) is 19.9. The lowest BCUT2D eigenvalue weighted by Crippen LogP contribution is -2.35. The number of nitrogens with zero attached hydrogens (tertiary/aromatic N) is 3. The average Bonchev–Trinajstić information content (AvgIpc) is 2.71. The Kier molecular flexibility index (Phi) is 6.92. The molecule has 0 fully saturated rings. The molecule has 1 aromatic carbocycles. The van der Waals surface area contributed by atoms with Crippen LogP contribution in [0.4, 0.5) is 5.69 Å². The largest absolute Gasteiger partial charge is 0.505 e. The molecule has 10 heteroatoms. The second-order valence-electron chi connectivity index (χ2n) is 8.72. The lowest BCUT2D eigenvalue weighted by atomic mass is 10.0. The number of benzene rings is 1. The van der Waals surface area contributed by atoms with E-state index >= 15 is 0 Å². The highest BCUT2D eigenvalue weighted by Crippen LogP contribution is 2.33. The van der Waals surface area contributed by atoms with Crippen LogP contribution in [0, 0.1) is 11.8 Å². The maximum absolute atomic E-state index is 13.2. The number of hydrogen-bond acceptors (Lipinski definition) is 7. The van der Waals surface area contributed by atoms with Gasteiger partial charge in [0.15, 0.2) is 11.6 Å². The molecule has 0 amide bonds. The monoisotopic (exact) mass is 462 g/mol. The van der Waals surface area contributed by atoms with Gasteiger partial charge in [0, 0.05) is 12.6 Å². The fourth-order valence-electron chi connectivity index (χ4n) is 3.33. The van der Waals surface area contributed by atoms with Crippen LogP contribution in [-0.2, 0) is 23.0 Å². The Balaban J connectivity index is 2.15. The van der Waals surface area contributed by atoms with Crippen LogP contribution in [-0.4, -0.2) is 36.3 Å². The van der Waals surface area contributed by atoms with Gasteiger partial charge in [0.1, 0.15) is 21.9 Å². The molecule has 1 aliphatic rings. The molecule has 0 saturated carbocycles. The van der Waals surface area contributed by atoms with E-state index < -0.39 is 15.6 Å². The molecule has 2 heterocycles. The first kappa shape index (κ1) is 23.8. The van der Waals surface area contributed by atoms with E-state index in [4.69, 9.17) is 4.74 Å². The summed E-state index contributed by atoms with van der Waals surface area (Å²) in [6.07, 6.45) is 1.91. The standard InChI is InChI=1S/C22H30N4O5S/c1-13(2)6-8-17-20(27)19(22(28)26(24-17)11-10-14(3)4)21-23-16-9-7-15(31-5)12-18(16)32(29,30)25-21/h7,9,12-14,27H,6,8,10-11H2,1-5H3,(H,23,25). The predicted octanol–water partition coefficient (Wildman–Crippen LogP) is 3.15. The second-order valence-corrected chi connectivity index (χ2v) is 10.3. The van der Waals surface area contributed by atoms with Crippen molar-refractivity contribution in [2.45, 2.75) is 58.4 Å². The van der Waals surface area contributed by atoms with Crippen LogP contribution < -0.4 is 15.6 Å². The van der Waals surface area contributed by atoms with E-state index in [1.807, 2.05) is 13.8 Å². The highest BCUT2D eigenvalue weighted by atomic mass is 32.2. The number of rotatable bonds is 8. The lowest BCUT2D eigenvalue weighted by Gasteiger charge is -2.20. The quantitative estimate of drug-likeness (QED) is 0.618. The molecular weight excluding hydrogens is 432 g/mol. The number of aromatic hydroxyl groups is 1. The van der Waals surface area contributed by atoms with Gasteiger partial charge < -0.3 is 15.2 Å². The molecule has 1 aliphatic heterocycles. The molecule has 0 unspecified atom stereocenters. The molecule has 0 bridgehead atoms. The van der Waals surface area contributed by atoms with Crippen molar-refractivity contribution in [3.05, 3.63) is 39.8 Å². The molecule has 0 aliphatic carbocycles. The Bertz CT molecular complexity index is 1200. The SMILES string of the molecule is COc1ccc2c(c1)S(=O)(=O)N=C(c1c(O)c(CCC(C)C)nn(CCC(C)C)c1=O)N2. The third-order valence-corrected chi connectivity index (χ3v) is 6.56. The van der Waals surface area contributed by atoms with Crippen molar-refractivity contribution in [1.29, 1.82) is 0 Å². The van der Waals surface area contributed by atoms with E-state index in [1.165, 1.54) is 23.9 Å². The summed E-state index contributed by atoms with van der Waals surface area (Å²) in [7, 11) is -2.68. The number of ether oxygens (including phenoxy) is 1. The molecule has 0 saturated heterocycles. The number of amidine groups is 1. The van der Waals surface area contributed by atoms with Gasteiger partial charge in [-0.25, -0.2) is 4.68 Å². The molecular formula is C22H30N4O5S. The van der Waals surface area contributed by atoms with Crippen molar-refractivity contribution in [2.75, 3.05) is 12.4 Å². The van der Waals surface area contributed by atoms with E-state index in [9.17, 15) is 18.3 Å². The van der Waals surface area contributed by atoms with Gasteiger partial charge in [0.25, 0.3) is 15.6 Å². The van der Waals surface area contributed by atoms with Crippen LogP contribution in [0.1, 0.15) is 51.8 Å². The van der Waals surface area contributed by atoms with Gasteiger partial charge in [-0.15, -0.1) is 4.40 Å². The summed E-state index contributed by atoms with van der Waals surface area (Å²) in [5.74, 6) is 0.522. The molecule has 32 heavy (non-hydrogen) atoms. The van der Waals surface area contributed by atoms with Gasteiger partial charge in [-0.05, 0) is 43.2 Å². The van der Waals surface area contributed by atoms with Crippen LogP contribution in [0.15, 0.2) is 32.3 Å². The number of nitrogens with one attached hydrogen (secondary N) is 1. The number of aryl methyl sites for hydroxylation is 2. The first-order chi connectivity index (χ1) is 15.0. The minimum absolute atomic E-state index is 0.0608. The van der Waals surface area contributed by atoms with Crippen LogP contribution in [0.2, 0.25) is 0 Å². The summed E-state index contributed by atoms with van der Waals surface area (Å²) in [6.45, 7) is 8.54. The zero-order chi connectivity index (χ0) is 23.6. The second kappa shape index (κ2) is 9.32. The van der Waals surface area contributed by atoms with E-state index in [0.29, 0.717) is 42.7 Å². The Morgan fingerprint density at radius 3 is 2.47 bits per heavy atom. The van der Waals surface area contributed by atoms with Crippen LogP contribution in [0.25, 0.3) is 0 Å². The fourth-order valence-corrected chi connectivity index (χ4v) is 4.46. The number of methoxy groups -OCH3 is 1. The highest BCUT2D eigenvalue weighted by Gasteiger charge is 2.30. The Morgan fingerprint density at radius 1 is 1.16 bits per heavy atom.